The highest BCUT2D eigenvalue weighted by atomic mass is 16.5. The fourth-order valence-corrected chi connectivity index (χ4v) is 11.2. The molecule has 0 saturated carbocycles. The number of aryl methyl sites for hydroxylation is 2. The van der Waals surface area contributed by atoms with Crippen molar-refractivity contribution >= 4 is 23.4 Å². The smallest absolute Gasteiger partial charge is 0.227 e. The molecule has 0 amide bonds. The highest BCUT2D eigenvalue weighted by molar-refractivity contribution is 5.68. The van der Waals surface area contributed by atoms with E-state index in [1.54, 1.807) is 21.1 Å². The van der Waals surface area contributed by atoms with Gasteiger partial charge in [0.2, 0.25) is 5.95 Å². The van der Waals surface area contributed by atoms with Crippen LogP contribution in [0.4, 0.5) is 23.4 Å². The van der Waals surface area contributed by atoms with Crippen molar-refractivity contribution in [3.63, 3.8) is 0 Å². The summed E-state index contributed by atoms with van der Waals surface area (Å²) in [6.07, 6.45) is 4.16. The third-order valence-electron chi connectivity index (χ3n) is 15.9. The lowest BCUT2D eigenvalue weighted by atomic mass is 9.98. The summed E-state index contributed by atoms with van der Waals surface area (Å²) in [6.45, 7) is 6.82. The Morgan fingerprint density at radius 1 is 0.558 bits per heavy atom. The molecular weight excluding hydrogens is 1090 g/mol. The molecule has 6 heterocycles. The molecular formula is C64H89N13O9. The fraction of sp³-hybridized carbons (Fsp3) is 0.531. The zero-order valence-corrected chi connectivity index (χ0v) is 51.0. The molecule has 0 bridgehead atoms. The van der Waals surface area contributed by atoms with Crippen LogP contribution >= 0.6 is 0 Å². The third-order valence-corrected chi connectivity index (χ3v) is 15.9. The number of likely N-dealkylation sites (N-methyl/N-ethyl adjacent to an activating group) is 4. The van der Waals surface area contributed by atoms with Crippen molar-refractivity contribution in [2.75, 3.05) is 135 Å². The first kappa shape index (κ1) is 63.6. The van der Waals surface area contributed by atoms with Crippen LogP contribution in [0.1, 0.15) is 56.6 Å². The van der Waals surface area contributed by atoms with E-state index in [1.807, 2.05) is 98.9 Å². The minimum Gasteiger partial charge on any atom is -0.491 e. The molecule has 464 valence electrons. The molecule has 7 unspecified atom stereocenters. The average Bonchev–Trinajstić information content (AvgIpc) is 2.60. The average molecular weight is 1180 g/mol. The Balaban J connectivity index is 0.906. The molecule has 7 atom stereocenters. The van der Waals surface area contributed by atoms with Crippen LogP contribution in [0.25, 0.3) is 33.8 Å². The van der Waals surface area contributed by atoms with Gasteiger partial charge in [-0.1, -0.05) is 36.4 Å². The minimum atomic E-state index is -0.659. The summed E-state index contributed by atoms with van der Waals surface area (Å²) in [6, 6.07) is 30.0. The van der Waals surface area contributed by atoms with Crippen molar-refractivity contribution in [1.82, 2.24) is 45.9 Å². The van der Waals surface area contributed by atoms with E-state index in [9.17, 15) is 15.3 Å². The highest BCUT2D eigenvalue weighted by Crippen LogP contribution is 2.33. The van der Waals surface area contributed by atoms with E-state index in [0.29, 0.717) is 93.9 Å². The molecule has 86 heavy (non-hydrogen) atoms. The van der Waals surface area contributed by atoms with Gasteiger partial charge in [0.15, 0.2) is 0 Å². The SMILES string of the molecule is CNCC(O)COc1cccc(-c2cc(N(C)C3CCOC(CCc4nc(-c5cccc(OCC(O)CNC)c5)cc(N(C)C5CCOC(CN(C)c6nc(NC7CCOCC7)cc(-c7cccc(OCC(O)CNC)c7)n6)C5)n4)C3)nc(C)n2)c1. The Hall–Kier alpha value is -6.86. The lowest BCUT2D eigenvalue weighted by molar-refractivity contribution is 0.00246. The first-order valence-corrected chi connectivity index (χ1v) is 30.3. The van der Waals surface area contributed by atoms with Gasteiger partial charge in [0.25, 0.3) is 0 Å². The van der Waals surface area contributed by atoms with Gasteiger partial charge in [-0.05, 0) is 109 Å². The number of hydrogen-bond acceptors (Lipinski definition) is 22. The standard InChI is InChI=1S/C64H89N13O9/c1-42-68-58(44-12-9-15-53(28-44)85-40-50(79)36-66-3)33-62(69-42)76(6)47-21-25-82-55(30-47)17-18-60-71-59(45-13-10-16-54(29-45)86-41-51(80)37-67-4)34-63(73-60)77(7)48-22-26-83-56(31-48)38-75(5)64-72-57(32-61(74-64)70-46-19-23-81-24-20-46)43-11-8-14-52(27-43)84-39-49(78)35-65-2/h8-16,27-29,32-34,46-51,55-56,65-67,78-80H,17-26,30-31,35-41H2,1-7H3,(H,70,72,74). The molecule has 0 spiro atoms. The monoisotopic (exact) mass is 1180 g/mol. The summed E-state index contributed by atoms with van der Waals surface area (Å²) in [4.78, 5) is 37.0. The molecule has 0 radical (unpaired) electrons. The van der Waals surface area contributed by atoms with Crippen LogP contribution in [0, 0.1) is 6.92 Å². The molecule has 22 nitrogen and oxygen atoms in total. The quantitative estimate of drug-likeness (QED) is 0.0291. The summed E-state index contributed by atoms with van der Waals surface area (Å²) >= 11 is 0. The van der Waals surface area contributed by atoms with Gasteiger partial charge in [0.1, 0.15) is 84.5 Å². The molecule has 7 N–H and O–H groups in total. The van der Waals surface area contributed by atoms with Crippen LogP contribution in [0.2, 0.25) is 0 Å². The number of anilines is 4. The van der Waals surface area contributed by atoms with Crippen LogP contribution in [0.5, 0.6) is 17.2 Å². The molecule has 3 aromatic carbocycles. The second-order valence-corrected chi connectivity index (χ2v) is 22.8. The van der Waals surface area contributed by atoms with Gasteiger partial charge >= 0.3 is 0 Å². The van der Waals surface area contributed by atoms with Crippen molar-refractivity contribution in [1.29, 1.82) is 0 Å². The van der Waals surface area contributed by atoms with Gasteiger partial charge < -0.3 is 79.7 Å². The van der Waals surface area contributed by atoms with E-state index in [2.05, 4.69) is 56.1 Å². The maximum absolute atomic E-state index is 10.5. The molecule has 0 aliphatic carbocycles. The van der Waals surface area contributed by atoms with Gasteiger partial charge in [-0.3, -0.25) is 0 Å². The number of aliphatic hydroxyl groups excluding tert-OH is 3. The van der Waals surface area contributed by atoms with E-state index in [-0.39, 0.29) is 50.2 Å². The van der Waals surface area contributed by atoms with E-state index in [0.717, 1.165) is 96.2 Å². The number of rotatable bonds is 30. The number of nitrogens with zero attached hydrogens (tertiary/aromatic N) is 9. The summed E-state index contributed by atoms with van der Waals surface area (Å²) in [7, 11) is 11.6. The Morgan fingerprint density at radius 3 is 1.58 bits per heavy atom. The number of ether oxygens (including phenoxy) is 6. The molecule has 22 heteroatoms. The molecule has 3 aliphatic heterocycles. The fourth-order valence-electron chi connectivity index (χ4n) is 11.2. The number of aliphatic hydroxyl groups is 3. The molecule has 6 aromatic rings. The number of nitrogens with one attached hydrogen (secondary N) is 4. The number of aromatic nitrogens is 6. The minimum absolute atomic E-state index is 0.0426. The van der Waals surface area contributed by atoms with Crippen LogP contribution in [0.3, 0.4) is 0 Å². The third kappa shape index (κ3) is 18.3. The van der Waals surface area contributed by atoms with Crippen LogP contribution in [0.15, 0.2) is 91.0 Å². The summed E-state index contributed by atoms with van der Waals surface area (Å²) in [5.74, 6) is 6.27. The normalized spacial score (nSPS) is 19.3. The summed E-state index contributed by atoms with van der Waals surface area (Å²) < 4.78 is 36.7. The Labute approximate surface area is 506 Å². The van der Waals surface area contributed by atoms with E-state index < -0.39 is 18.3 Å². The maximum atomic E-state index is 10.5. The van der Waals surface area contributed by atoms with Gasteiger partial charge in [-0.15, -0.1) is 0 Å². The van der Waals surface area contributed by atoms with E-state index in [4.69, 9.17) is 58.3 Å². The Bertz CT molecular complexity index is 3070. The van der Waals surface area contributed by atoms with Crippen molar-refractivity contribution < 1.29 is 43.7 Å². The predicted molar refractivity (Wildman–Crippen MR) is 335 cm³/mol. The number of benzene rings is 3. The highest BCUT2D eigenvalue weighted by Gasteiger charge is 2.31. The molecule has 3 fully saturated rings. The van der Waals surface area contributed by atoms with Crippen molar-refractivity contribution in [3.8, 4) is 51.0 Å². The Kier molecular flexibility index (Phi) is 23.4. The van der Waals surface area contributed by atoms with Crippen LogP contribution < -0.4 is 50.2 Å². The van der Waals surface area contributed by atoms with Gasteiger partial charge in [-0.25, -0.2) is 24.9 Å². The summed E-state index contributed by atoms with van der Waals surface area (Å²) in [5.41, 5.74) is 4.96. The van der Waals surface area contributed by atoms with Gasteiger partial charge in [-0.2, -0.15) is 4.98 Å². The lowest BCUT2D eigenvalue weighted by Gasteiger charge is -2.37. The second-order valence-electron chi connectivity index (χ2n) is 22.8. The van der Waals surface area contributed by atoms with Gasteiger partial charge in [0.05, 0.1) is 29.3 Å². The number of hydrogen-bond donors (Lipinski definition) is 7. The van der Waals surface area contributed by atoms with Crippen molar-refractivity contribution in [3.05, 3.63) is 103 Å². The molecule has 9 rings (SSSR count). The van der Waals surface area contributed by atoms with Crippen LogP contribution in [-0.2, 0) is 20.6 Å². The van der Waals surface area contributed by atoms with Gasteiger partial charge in [0, 0.05) is 133 Å². The Morgan fingerprint density at radius 2 is 1.05 bits per heavy atom. The van der Waals surface area contributed by atoms with Crippen molar-refractivity contribution in [2.24, 2.45) is 0 Å². The van der Waals surface area contributed by atoms with Crippen molar-refractivity contribution in [2.45, 2.75) is 107 Å². The summed E-state index contributed by atoms with van der Waals surface area (Å²) in [5, 5.41) is 43.6. The molecule has 3 aliphatic rings. The predicted octanol–water partition coefficient (Wildman–Crippen LogP) is 5.57. The molecule has 3 aromatic heterocycles. The largest absolute Gasteiger partial charge is 0.491 e. The zero-order valence-electron chi connectivity index (χ0n) is 51.0. The lowest BCUT2D eigenvalue weighted by Crippen LogP contribution is -2.44. The molecule has 3 saturated heterocycles. The maximum Gasteiger partial charge on any atom is 0.227 e. The first-order chi connectivity index (χ1) is 41.8. The zero-order chi connectivity index (χ0) is 60.4. The van der Waals surface area contributed by atoms with Crippen LogP contribution in [-0.4, -0.2) is 209 Å². The first-order valence-electron chi connectivity index (χ1n) is 30.3. The van der Waals surface area contributed by atoms with E-state index >= 15 is 0 Å². The second kappa shape index (κ2) is 31.7. The van der Waals surface area contributed by atoms with E-state index in [1.165, 1.54) is 0 Å². The topological polar surface area (TPSA) is 251 Å².